The molecule has 0 atom stereocenters. The third-order valence-corrected chi connectivity index (χ3v) is 5.31. The summed E-state index contributed by atoms with van der Waals surface area (Å²) < 4.78 is 25.7. The second kappa shape index (κ2) is 7.64. The predicted molar refractivity (Wildman–Crippen MR) is 105 cm³/mol. The predicted octanol–water partition coefficient (Wildman–Crippen LogP) is 5.17. The molecule has 0 fully saturated rings. The van der Waals surface area contributed by atoms with E-state index >= 15 is 0 Å². The topological polar surface area (TPSA) is 60.0 Å². The van der Waals surface area contributed by atoms with Crippen LogP contribution in [0.25, 0.3) is 32.5 Å². The van der Waals surface area contributed by atoms with Gasteiger partial charge in [-0.1, -0.05) is 11.6 Å². The highest BCUT2D eigenvalue weighted by atomic mass is 35.5. The van der Waals surface area contributed by atoms with Crippen LogP contribution in [-0.2, 0) is 4.74 Å². The van der Waals surface area contributed by atoms with Gasteiger partial charge in [0, 0.05) is 46.1 Å². The van der Waals surface area contributed by atoms with Crippen molar-refractivity contribution in [2.24, 2.45) is 0 Å². The van der Waals surface area contributed by atoms with Crippen molar-refractivity contribution in [3.05, 3.63) is 53.0 Å². The van der Waals surface area contributed by atoms with Gasteiger partial charge in [0.15, 0.2) is 0 Å². The number of ether oxygens (including phenoxy) is 2. The van der Waals surface area contributed by atoms with Crippen LogP contribution in [0.15, 0.2) is 42.0 Å². The molecule has 0 unspecified atom stereocenters. The van der Waals surface area contributed by atoms with E-state index in [9.17, 15) is 4.39 Å². The second-order valence-electron chi connectivity index (χ2n) is 5.76. The Labute approximate surface area is 163 Å². The Bertz CT molecular complexity index is 1080. The van der Waals surface area contributed by atoms with E-state index in [0.29, 0.717) is 29.8 Å². The maximum absolute atomic E-state index is 13.9. The number of fused-ring (bicyclic) bond motifs is 1. The molecule has 8 heteroatoms. The molecule has 0 aliphatic rings. The third kappa shape index (κ3) is 3.41. The lowest BCUT2D eigenvalue weighted by atomic mass is 9.99. The summed E-state index contributed by atoms with van der Waals surface area (Å²) in [5.41, 5.74) is 3.01. The number of rotatable bonds is 6. The lowest BCUT2D eigenvalue weighted by molar-refractivity contribution is 0.146. The summed E-state index contributed by atoms with van der Waals surface area (Å²) >= 11 is 7.95. The van der Waals surface area contributed by atoms with Crippen molar-refractivity contribution < 1.29 is 13.9 Å². The van der Waals surface area contributed by atoms with E-state index in [4.69, 9.17) is 21.1 Å². The lowest BCUT2D eigenvalue weighted by Gasteiger charge is -2.15. The van der Waals surface area contributed by atoms with Crippen LogP contribution in [0.3, 0.4) is 0 Å². The minimum atomic E-state index is -0.375. The van der Waals surface area contributed by atoms with Crippen molar-refractivity contribution in [2.75, 3.05) is 20.3 Å². The van der Waals surface area contributed by atoms with Crippen molar-refractivity contribution in [1.29, 1.82) is 0 Å². The average molecular weight is 404 g/mol. The quantitative estimate of drug-likeness (QED) is 0.356. The first-order chi connectivity index (χ1) is 13.2. The van der Waals surface area contributed by atoms with Gasteiger partial charge in [0.05, 0.1) is 18.5 Å². The maximum atomic E-state index is 13.9. The minimum absolute atomic E-state index is 0.308. The van der Waals surface area contributed by atoms with E-state index in [1.54, 1.807) is 36.9 Å². The minimum Gasteiger partial charge on any atom is -0.490 e. The van der Waals surface area contributed by atoms with Gasteiger partial charge in [-0.3, -0.25) is 5.10 Å². The van der Waals surface area contributed by atoms with E-state index in [0.717, 1.165) is 26.8 Å². The smallest absolute Gasteiger partial charge is 0.138 e. The lowest BCUT2D eigenvalue weighted by Crippen LogP contribution is -2.05. The highest BCUT2D eigenvalue weighted by molar-refractivity contribution is 7.18. The Hall–Kier alpha value is -2.48. The van der Waals surface area contributed by atoms with Crippen LogP contribution in [0.5, 0.6) is 5.75 Å². The summed E-state index contributed by atoms with van der Waals surface area (Å²) in [6.45, 7) is 0.709. The number of H-pyrrole nitrogens is 1. The van der Waals surface area contributed by atoms with Gasteiger partial charge in [0.25, 0.3) is 0 Å². The molecular formula is C19H15ClFN3O2S. The fourth-order valence-corrected chi connectivity index (χ4v) is 4.14. The number of aromatic nitrogens is 3. The maximum Gasteiger partial charge on any atom is 0.138 e. The van der Waals surface area contributed by atoms with Crippen molar-refractivity contribution >= 4 is 33.0 Å². The Morgan fingerprint density at radius 2 is 2.15 bits per heavy atom. The molecule has 0 aliphatic carbocycles. The standard InChI is InChI=1S/C19H15ClFN3O2S/c1-25-5-6-26-15-8-12(21)2-3-13(15)16-17(11-9-22-23-10-11)24-19(20)14-4-7-27-18(14)16/h2-4,7-10H,5-6H2,1H3,(H,22,23). The van der Waals surface area contributed by atoms with Crippen LogP contribution < -0.4 is 4.74 Å². The van der Waals surface area contributed by atoms with Gasteiger partial charge in [-0.15, -0.1) is 11.3 Å². The molecule has 0 amide bonds. The zero-order valence-corrected chi connectivity index (χ0v) is 15.9. The first kappa shape index (κ1) is 17.9. The van der Waals surface area contributed by atoms with Gasteiger partial charge >= 0.3 is 0 Å². The number of nitrogens with zero attached hydrogens (tertiary/aromatic N) is 2. The van der Waals surface area contributed by atoms with E-state index in [1.807, 2.05) is 11.4 Å². The molecule has 5 nitrogen and oxygen atoms in total. The van der Waals surface area contributed by atoms with Crippen LogP contribution in [0.2, 0.25) is 5.15 Å². The summed E-state index contributed by atoms with van der Waals surface area (Å²) in [5, 5.41) is 10.0. The number of aromatic amines is 1. The Balaban J connectivity index is 1.97. The van der Waals surface area contributed by atoms with Gasteiger partial charge in [0.1, 0.15) is 23.3 Å². The van der Waals surface area contributed by atoms with E-state index in [2.05, 4.69) is 15.2 Å². The fraction of sp³-hybridized carbons (Fsp3) is 0.158. The summed E-state index contributed by atoms with van der Waals surface area (Å²) in [6.07, 6.45) is 3.42. The average Bonchev–Trinajstić information content (AvgIpc) is 3.35. The number of halogens is 2. The summed E-state index contributed by atoms with van der Waals surface area (Å²) in [6, 6.07) is 6.40. The van der Waals surface area contributed by atoms with E-state index in [-0.39, 0.29) is 5.82 Å². The number of thiophene rings is 1. The molecule has 0 saturated heterocycles. The highest BCUT2D eigenvalue weighted by Gasteiger charge is 2.21. The second-order valence-corrected chi connectivity index (χ2v) is 7.03. The van der Waals surface area contributed by atoms with Gasteiger partial charge < -0.3 is 9.47 Å². The largest absolute Gasteiger partial charge is 0.490 e. The molecule has 1 aromatic carbocycles. The Kier molecular flexibility index (Phi) is 5.07. The van der Waals surface area contributed by atoms with Crippen molar-refractivity contribution in [2.45, 2.75) is 0 Å². The summed E-state index contributed by atoms with van der Waals surface area (Å²) in [5.74, 6) is 0.0518. The van der Waals surface area contributed by atoms with Gasteiger partial charge in [-0.05, 0) is 23.6 Å². The van der Waals surface area contributed by atoms with Crippen LogP contribution in [0.1, 0.15) is 0 Å². The van der Waals surface area contributed by atoms with Crippen molar-refractivity contribution in [3.63, 3.8) is 0 Å². The Morgan fingerprint density at radius 1 is 1.26 bits per heavy atom. The number of methoxy groups -OCH3 is 1. The van der Waals surface area contributed by atoms with Crippen LogP contribution in [0, 0.1) is 5.82 Å². The number of nitrogens with one attached hydrogen (secondary N) is 1. The van der Waals surface area contributed by atoms with Crippen LogP contribution >= 0.6 is 22.9 Å². The molecule has 0 saturated carbocycles. The van der Waals surface area contributed by atoms with Gasteiger partial charge in [0.2, 0.25) is 0 Å². The van der Waals surface area contributed by atoms with Crippen LogP contribution in [0.4, 0.5) is 4.39 Å². The third-order valence-electron chi connectivity index (χ3n) is 4.09. The van der Waals surface area contributed by atoms with E-state index < -0.39 is 0 Å². The highest BCUT2D eigenvalue weighted by Crippen LogP contribution is 2.44. The number of benzene rings is 1. The monoisotopic (exact) mass is 403 g/mol. The first-order valence-corrected chi connectivity index (χ1v) is 9.42. The molecule has 1 N–H and O–H groups in total. The summed E-state index contributed by atoms with van der Waals surface area (Å²) in [7, 11) is 1.59. The molecule has 3 aromatic heterocycles. The number of pyridine rings is 1. The van der Waals surface area contributed by atoms with Crippen molar-refractivity contribution in [1.82, 2.24) is 15.2 Å². The van der Waals surface area contributed by atoms with Crippen LogP contribution in [-0.4, -0.2) is 35.5 Å². The Morgan fingerprint density at radius 3 is 2.93 bits per heavy atom. The zero-order chi connectivity index (χ0) is 18.8. The summed E-state index contributed by atoms with van der Waals surface area (Å²) in [4.78, 5) is 4.59. The molecule has 0 bridgehead atoms. The molecule has 4 aromatic rings. The fourth-order valence-electron chi connectivity index (χ4n) is 2.88. The zero-order valence-electron chi connectivity index (χ0n) is 14.3. The first-order valence-electron chi connectivity index (χ1n) is 8.16. The van der Waals surface area contributed by atoms with Gasteiger partial charge in [-0.25, -0.2) is 9.37 Å². The molecule has 4 rings (SSSR count). The molecule has 0 spiro atoms. The molecule has 138 valence electrons. The number of hydrogen-bond acceptors (Lipinski definition) is 5. The molecule has 0 radical (unpaired) electrons. The molecule has 0 aliphatic heterocycles. The normalized spacial score (nSPS) is 11.2. The SMILES string of the molecule is COCCOc1cc(F)ccc1-c1c(-c2cn[nH]c2)nc(Cl)c2ccsc12. The van der Waals surface area contributed by atoms with E-state index in [1.165, 1.54) is 12.1 Å². The molecule has 27 heavy (non-hydrogen) atoms. The molecular weight excluding hydrogens is 389 g/mol. The van der Waals surface area contributed by atoms with Gasteiger partial charge in [-0.2, -0.15) is 5.10 Å². The van der Waals surface area contributed by atoms with Crippen molar-refractivity contribution in [3.8, 4) is 28.1 Å². The molecule has 3 heterocycles. The number of hydrogen-bond donors (Lipinski definition) is 1.